The highest BCUT2D eigenvalue weighted by Crippen LogP contribution is 2.34. The van der Waals surface area contributed by atoms with Gasteiger partial charge in [-0.05, 0) is 29.8 Å². The maximum atomic E-state index is 13.5. The summed E-state index contributed by atoms with van der Waals surface area (Å²) in [6.45, 7) is 3.78. The Bertz CT molecular complexity index is 1460. The van der Waals surface area contributed by atoms with Crippen molar-refractivity contribution in [1.82, 2.24) is 14.9 Å². The lowest BCUT2D eigenvalue weighted by Crippen LogP contribution is -2.46. The minimum Gasteiger partial charge on any atom is -0.352 e. The van der Waals surface area contributed by atoms with Crippen molar-refractivity contribution in [3.8, 4) is 6.07 Å². The van der Waals surface area contributed by atoms with Gasteiger partial charge in [-0.3, -0.25) is 4.90 Å². The molecule has 1 unspecified atom stereocenters. The van der Waals surface area contributed by atoms with Crippen LogP contribution < -0.4 is 4.90 Å². The molecule has 0 saturated carbocycles. The van der Waals surface area contributed by atoms with Crippen molar-refractivity contribution < 1.29 is 8.42 Å². The maximum absolute atomic E-state index is 13.5. The van der Waals surface area contributed by atoms with Crippen LogP contribution in [0.2, 0.25) is 0 Å². The van der Waals surface area contributed by atoms with Crippen LogP contribution in [0.25, 0.3) is 11.0 Å². The van der Waals surface area contributed by atoms with Crippen molar-refractivity contribution >= 4 is 26.7 Å². The third kappa shape index (κ3) is 4.74. The van der Waals surface area contributed by atoms with Gasteiger partial charge < -0.3 is 4.90 Å². The predicted molar refractivity (Wildman–Crippen MR) is 135 cm³/mol. The first-order valence-electron chi connectivity index (χ1n) is 11.5. The predicted octanol–water partition coefficient (Wildman–Crippen LogP) is 3.99. The van der Waals surface area contributed by atoms with Crippen LogP contribution in [-0.4, -0.2) is 49.5 Å². The molecular weight excluding hydrogens is 458 g/mol. The smallest absolute Gasteiger partial charge is 0.200 e. The Morgan fingerprint density at radius 2 is 1.37 bits per heavy atom. The number of fused-ring (bicyclic) bond motifs is 1. The van der Waals surface area contributed by atoms with Crippen molar-refractivity contribution in [2.24, 2.45) is 0 Å². The molecule has 8 heteroatoms. The fourth-order valence-corrected chi connectivity index (χ4v) is 5.80. The van der Waals surface area contributed by atoms with E-state index in [1.165, 1.54) is 17.7 Å². The second-order valence-electron chi connectivity index (χ2n) is 8.54. The zero-order chi connectivity index (χ0) is 24.3. The van der Waals surface area contributed by atoms with Gasteiger partial charge in [-0.25, -0.2) is 18.4 Å². The van der Waals surface area contributed by atoms with Crippen LogP contribution in [0.15, 0.2) is 89.8 Å². The van der Waals surface area contributed by atoms with Gasteiger partial charge in [0.15, 0.2) is 11.1 Å². The van der Waals surface area contributed by atoms with Gasteiger partial charge in [0.25, 0.3) is 0 Å². The van der Waals surface area contributed by atoms with E-state index in [9.17, 15) is 13.7 Å². The average Bonchev–Trinajstić information content (AvgIpc) is 2.90. The molecule has 0 aliphatic carbocycles. The number of aromatic nitrogens is 2. The summed E-state index contributed by atoms with van der Waals surface area (Å²) in [6, 6.07) is 27.8. The topological polar surface area (TPSA) is 90.2 Å². The molecule has 1 saturated heterocycles. The Kier molecular flexibility index (Phi) is 6.45. The van der Waals surface area contributed by atoms with Crippen LogP contribution in [0.5, 0.6) is 0 Å². The minimum atomic E-state index is -3.99. The molecule has 3 aromatic carbocycles. The third-order valence-corrected chi connectivity index (χ3v) is 8.13. The quantitative estimate of drug-likeness (QED) is 0.410. The molecule has 1 atom stereocenters. The van der Waals surface area contributed by atoms with Crippen LogP contribution in [0.1, 0.15) is 16.5 Å². The summed E-state index contributed by atoms with van der Waals surface area (Å²) in [5.74, 6) is 0.467. The molecule has 2 heterocycles. The molecule has 0 N–H and O–H groups in total. The van der Waals surface area contributed by atoms with Crippen molar-refractivity contribution in [2.45, 2.75) is 16.7 Å². The number of para-hydroxylation sites is 2. The number of anilines is 1. The molecule has 5 rings (SSSR count). The molecule has 0 amide bonds. The van der Waals surface area contributed by atoms with Gasteiger partial charge in [-0.1, -0.05) is 60.7 Å². The second kappa shape index (κ2) is 9.82. The van der Waals surface area contributed by atoms with Crippen molar-refractivity contribution in [3.05, 3.63) is 96.2 Å². The average molecular weight is 484 g/mol. The van der Waals surface area contributed by atoms with Crippen LogP contribution in [0, 0.1) is 11.3 Å². The first-order chi connectivity index (χ1) is 17.1. The van der Waals surface area contributed by atoms with Crippen molar-refractivity contribution in [2.75, 3.05) is 31.1 Å². The fourth-order valence-electron chi connectivity index (χ4n) is 4.40. The largest absolute Gasteiger partial charge is 0.352 e. The molecule has 0 radical (unpaired) electrons. The summed E-state index contributed by atoms with van der Waals surface area (Å²) < 4.78 is 26.9. The molecule has 1 aliphatic rings. The fraction of sp³-hybridized carbons (Fsp3) is 0.222. The van der Waals surface area contributed by atoms with Crippen LogP contribution in [0.4, 0.5) is 5.82 Å². The summed E-state index contributed by atoms with van der Waals surface area (Å²) in [5, 5.41) is 8.59. The van der Waals surface area contributed by atoms with Gasteiger partial charge >= 0.3 is 0 Å². The highest BCUT2D eigenvalue weighted by molar-refractivity contribution is 7.92. The van der Waals surface area contributed by atoms with Crippen LogP contribution in [-0.2, 0) is 16.4 Å². The second-order valence-corrected chi connectivity index (χ2v) is 10.6. The Morgan fingerprint density at radius 1 is 0.800 bits per heavy atom. The molecule has 0 spiro atoms. The van der Waals surface area contributed by atoms with Gasteiger partial charge in [0.05, 0.1) is 22.0 Å². The lowest BCUT2D eigenvalue weighted by atomic mass is 10.2. The number of rotatable bonds is 6. The molecule has 7 nitrogen and oxygen atoms in total. The first kappa shape index (κ1) is 23.0. The number of hydrogen-bond acceptors (Lipinski definition) is 7. The normalized spacial score (nSPS) is 15.6. The molecule has 1 fully saturated rings. The third-order valence-electron chi connectivity index (χ3n) is 6.25. The summed E-state index contributed by atoms with van der Waals surface area (Å²) in [5.41, 5.74) is 2.68. The highest BCUT2D eigenvalue weighted by Gasteiger charge is 2.35. The van der Waals surface area contributed by atoms with Gasteiger partial charge in [-0.15, -0.1) is 0 Å². The van der Waals surface area contributed by atoms with Crippen LogP contribution >= 0.6 is 0 Å². The molecule has 4 aromatic rings. The monoisotopic (exact) mass is 483 g/mol. The maximum Gasteiger partial charge on any atom is 0.200 e. The number of piperazine rings is 1. The standard InChI is InChI=1S/C27H25N5O2S/c28-19-25(35(33,34)22-11-5-2-6-12-22)26-27(30-24-14-8-7-13-23(24)29-26)32-17-15-31(16-18-32)20-21-9-3-1-4-10-21/h1-14,25H,15-18,20H2. The number of benzene rings is 3. The summed E-state index contributed by atoms with van der Waals surface area (Å²) in [6.07, 6.45) is 0. The van der Waals surface area contributed by atoms with Crippen LogP contribution in [0.3, 0.4) is 0 Å². The lowest BCUT2D eigenvalue weighted by molar-refractivity contribution is 0.249. The summed E-state index contributed by atoms with van der Waals surface area (Å²) >= 11 is 0. The van der Waals surface area contributed by atoms with E-state index in [2.05, 4.69) is 26.9 Å². The molecule has 1 aliphatic heterocycles. The lowest BCUT2D eigenvalue weighted by Gasteiger charge is -2.36. The van der Waals surface area contributed by atoms with Gasteiger partial charge in [0.2, 0.25) is 9.84 Å². The van der Waals surface area contributed by atoms with Gasteiger partial charge in [0, 0.05) is 32.7 Å². The summed E-state index contributed by atoms with van der Waals surface area (Å²) in [7, 11) is -3.99. The van der Waals surface area contributed by atoms with E-state index in [1.807, 2.05) is 42.5 Å². The first-order valence-corrected chi connectivity index (χ1v) is 13.1. The van der Waals surface area contributed by atoms with Gasteiger partial charge in [-0.2, -0.15) is 5.26 Å². The van der Waals surface area contributed by atoms with E-state index in [1.54, 1.807) is 24.3 Å². The summed E-state index contributed by atoms with van der Waals surface area (Å²) in [4.78, 5) is 14.0. The number of hydrogen-bond donors (Lipinski definition) is 0. The molecular formula is C27H25N5O2S. The van der Waals surface area contributed by atoms with Crippen molar-refractivity contribution in [3.63, 3.8) is 0 Å². The van der Waals surface area contributed by atoms with E-state index in [0.29, 0.717) is 29.9 Å². The van der Waals surface area contributed by atoms with E-state index >= 15 is 0 Å². The number of nitrogens with zero attached hydrogens (tertiary/aromatic N) is 5. The van der Waals surface area contributed by atoms with E-state index in [4.69, 9.17) is 4.98 Å². The van der Waals surface area contributed by atoms with E-state index < -0.39 is 15.1 Å². The SMILES string of the molecule is N#CC(c1nc2ccccc2nc1N1CCN(Cc2ccccc2)CC1)S(=O)(=O)c1ccccc1. The molecule has 35 heavy (non-hydrogen) atoms. The molecule has 1 aromatic heterocycles. The van der Waals surface area contributed by atoms with E-state index in [-0.39, 0.29) is 10.6 Å². The number of nitriles is 1. The van der Waals surface area contributed by atoms with Crippen molar-refractivity contribution in [1.29, 1.82) is 5.26 Å². The van der Waals surface area contributed by atoms with Gasteiger partial charge in [0.1, 0.15) is 5.69 Å². The Hall–Kier alpha value is -3.80. The highest BCUT2D eigenvalue weighted by atomic mass is 32.2. The Morgan fingerprint density at radius 3 is 2.00 bits per heavy atom. The Labute approximate surface area is 205 Å². The zero-order valence-corrected chi connectivity index (χ0v) is 20.0. The molecule has 0 bridgehead atoms. The van der Waals surface area contributed by atoms with E-state index in [0.717, 1.165) is 19.6 Å². The minimum absolute atomic E-state index is 0.0974. The number of sulfone groups is 1. The molecule has 176 valence electrons. The Balaban J connectivity index is 1.49. The zero-order valence-electron chi connectivity index (χ0n) is 19.2.